The highest BCUT2D eigenvalue weighted by Gasteiger charge is 2.14. The summed E-state index contributed by atoms with van der Waals surface area (Å²) in [5.41, 5.74) is 2.74. The van der Waals surface area contributed by atoms with Gasteiger partial charge in [0.2, 0.25) is 0 Å². The van der Waals surface area contributed by atoms with Gasteiger partial charge in [-0.15, -0.1) is 0 Å². The number of anilines is 2. The Morgan fingerprint density at radius 3 is 3.08 bits per heavy atom. The predicted octanol–water partition coefficient (Wildman–Crippen LogP) is 2.75. The van der Waals surface area contributed by atoms with E-state index in [9.17, 15) is 4.79 Å². The van der Waals surface area contributed by atoms with Crippen molar-refractivity contribution < 1.29 is 9.53 Å². The molecule has 0 atom stereocenters. The minimum atomic E-state index is -0.415. The van der Waals surface area contributed by atoms with Crippen LogP contribution < -0.4 is 5.32 Å². The van der Waals surface area contributed by atoms with Crippen LogP contribution in [-0.2, 0) is 4.74 Å². The molecule has 0 saturated heterocycles. The second kappa shape index (κ2) is 5.65. The summed E-state index contributed by atoms with van der Waals surface area (Å²) in [7, 11) is 0. The number of nitrogens with one attached hydrogen (secondary N) is 3. The van der Waals surface area contributed by atoms with Crippen LogP contribution in [0.4, 0.5) is 11.5 Å². The molecule has 3 N–H and O–H groups in total. The molecule has 0 aliphatic rings. The maximum atomic E-state index is 11.9. The molecular formula is C16H14N6O2. The number of fused-ring (bicyclic) bond motifs is 2. The lowest BCUT2D eigenvalue weighted by Crippen LogP contribution is -2.04. The van der Waals surface area contributed by atoms with E-state index in [-0.39, 0.29) is 0 Å². The van der Waals surface area contributed by atoms with Crippen molar-refractivity contribution in [2.75, 3.05) is 11.9 Å². The molecule has 0 aliphatic carbocycles. The van der Waals surface area contributed by atoms with Crippen LogP contribution in [0.1, 0.15) is 17.4 Å². The van der Waals surface area contributed by atoms with Gasteiger partial charge in [0, 0.05) is 11.1 Å². The van der Waals surface area contributed by atoms with E-state index in [1.807, 2.05) is 18.2 Å². The molecule has 24 heavy (non-hydrogen) atoms. The summed E-state index contributed by atoms with van der Waals surface area (Å²) < 4.78 is 5.01. The van der Waals surface area contributed by atoms with E-state index < -0.39 is 5.97 Å². The van der Waals surface area contributed by atoms with Gasteiger partial charge in [-0.2, -0.15) is 5.10 Å². The van der Waals surface area contributed by atoms with Gasteiger partial charge in [-0.3, -0.25) is 5.10 Å². The lowest BCUT2D eigenvalue weighted by molar-refractivity contribution is 0.0520. The van der Waals surface area contributed by atoms with Crippen LogP contribution in [0.2, 0.25) is 0 Å². The molecule has 8 nitrogen and oxygen atoms in total. The highest BCUT2D eigenvalue weighted by Crippen LogP contribution is 2.25. The average Bonchev–Trinajstić information content (AvgIpc) is 3.21. The molecule has 0 bridgehead atoms. The maximum Gasteiger partial charge on any atom is 0.354 e. The van der Waals surface area contributed by atoms with Gasteiger partial charge >= 0.3 is 5.97 Å². The van der Waals surface area contributed by atoms with E-state index in [0.29, 0.717) is 29.2 Å². The van der Waals surface area contributed by atoms with E-state index in [2.05, 4.69) is 30.5 Å². The van der Waals surface area contributed by atoms with E-state index in [4.69, 9.17) is 4.74 Å². The van der Waals surface area contributed by atoms with Crippen molar-refractivity contribution in [2.45, 2.75) is 6.92 Å². The number of carbonyl (C=O) groups is 1. The Kier molecular flexibility index (Phi) is 3.34. The molecule has 0 amide bonds. The topological polar surface area (TPSA) is 109 Å². The van der Waals surface area contributed by atoms with Gasteiger partial charge in [-0.05, 0) is 31.2 Å². The first-order valence-electron chi connectivity index (χ1n) is 7.45. The molecule has 8 heteroatoms. The molecule has 4 rings (SSSR count). The highest BCUT2D eigenvalue weighted by molar-refractivity contribution is 5.98. The summed E-state index contributed by atoms with van der Waals surface area (Å²) in [5, 5.41) is 11.9. The van der Waals surface area contributed by atoms with Crippen LogP contribution in [-0.4, -0.2) is 37.7 Å². The zero-order valence-corrected chi connectivity index (χ0v) is 12.8. The van der Waals surface area contributed by atoms with Gasteiger partial charge in [-0.25, -0.2) is 14.8 Å². The zero-order chi connectivity index (χ0) is 16.5. The third-order valence-corrected chi connectivity index (χ3v) is 3.62. The molecule has 1 aromatic carbocycles. The minimum Gasteiger partial charge on any atom is -0.461 e. The number of ether oxygens (including phenoxy) is 1. The van der Waals surface area contributed by atoms with E-state index in [0.717, 1.165) is 16.6 Å². The number of benzene rings is 1. The van der Waals surface area contributed by atoms with Crippen LogP contribution in [0, 0.1) is 0 Å². The quantitative estimate of drug-likeness (QED) is 0.499. The largest absolute Gasteiger partial charge is 0.461 e. The lowest BCUT2D eigenvalue weighted by atomic mass is 10.2. The molecule has 0 aliphatic heterocycles. The van der Waals surface area contributed by atoms with E-state index >= 15 is 0 Å². The Morgan fingerprint density at radius 1 is 1.29 bits per heavy atom. The minimum absolute atomic E-state index is 0.315. The maximum absolute atomic E-state index is 11.9. The second-order valence-electron chi connectivity index (χ2n) is 5.19. The first-order chi connectivity index (χ1) is 11.7. The first-order valence-corrected chi connectivity index (χ1v) is 7.45. The zero-order valence-electron chi connectivity index (χ0n) is 12.8. The SMILES string of the molecule is CCOC(=O)c1cc2c(Nc3ccc4[nH]ncc4c3)ncnc2[nH]1. The number of H-pyrrole nitrogens is 2. The van der Waals surface area contributed by atoms with Crippen molar-refractivity contribution in [3.8, 4) is 0 Å². The van der Waals surface area contributed by atoms with Gasteiger partial charge < -0.3 is 15.0 Å². The number of nitrogens with zero attached hydrogens (tertiary/aromatic N) is 3. The summed E-state index contributed by atoms with van der Waals surface area (Å²) in [4.78, 5) is 23.2. The lowest BCUT2D eigenvalue weighted by Gasteiger charge is -2.06. The molecule has 0 saturated carbocycles. The Morgan fingerprint density at radius 2 is 2.21 bits per heavy atom. The Hall–Kier alpha value is -3.42. The van der Waals surface area contributed by atoms with Crippen molar-refractivity contribution in [1.29, 1.82) is 0 Å². The molecular weight excluding hydrogens is 308 g/mol. The number of carbonyl (C=O) groups excluding carboxylic acids is 1. The second-order valence-corrected chi connectivity index (χ2v) is 5.19. The third kappa shape index (κ3) is 2.43. The van der Waals surface area contributed by atoms with Gasteiger partial charge in [0.15, 0.2) is 0 Å². The first kappa shape index (κ1) is 14.2. The van der Waals surface area contributed by atoms with Gasteiger partial charge in [0.25, 0.3) is 0 Å². The fourth-order valence-corrected chi connectivity index (χ4v) is 2.52. The summed E-state index contributed by atoms with van der Waals surface area (Å²) in [6.07, 6.45) is 3.19. The molecule has 120 valence electrons. The van der Waals surface area contributed by atoms with E-state index in [1.54, 1.807) is 19.2 Å². The Bertz CT molecular complexity index is 1040. The van der Waals surface area contributed by atoms with Crippen molar-refractivity contribution in [1.82, 2.24) is 25.1 Å². The Balaban J connectivity index is 1.71. The predicted molar refractivity (Wildman–Crippen MR) is 89.2 cm³/mol. The van der Waals surface area contributed by atoms with Gasteiger partial charge in [-0.1, -0.05) is 0 Å². The van der Waals surface area contributed by atoms with E-state index in [1.165, 1.54) is 6.33 Å². The van der Waals surface area contributed by atoms with Gasteiger partial charge in [0.1, 0.15) is 23.5 Å². The summed E-state index contributed by atoms with van der Waals surface area (Å²) in [6.45, 7) is 2.08. The van der Waals surface area contributed by atoms with Crippen LogP contribution in [0.5, 0.6) is 0 Å². The van der Waals surface area contributed by atoms with Crippen molar-refractivity contribution in [2.24, 2.45) is 0 Å². The average molecular weight is 322 g/mol. The number of hydrogen-bond donors (Lipinski definition) is 3. The normalized spacial score (nSPS) is 11.0. The summed E-state index contributed by atoms with van der Waals surface area (Å²) in [6, 6.07) is 7.51. The van der Waals surface area contributed by atoms with Crippen molar-refractivity contribution in [3.05, 3.63) is 42.5 Å². The monoisotopic (exact) mass is 322 g/mol. The molecule has 0 unspecified atom stereocenters. The van der Waals surface area contributed by atoms with Crippen LogP contribution in [0.25, 0.3) is 21.9 Å². The van der Waals surface area contributed by atoms with Crippen molar-refractivity contribution >= 4 is 39.4 Å². The molecule has 0 fully saturated rings. The van der Waals surface area contributed by atoms with Crippen LogP contribution in [0.15, 0.2) is 36.8 Å². The molecule has 4 aromatic rings. The summed E-state index contributed by atoms with van der Waals surface area (Å²) >= 11 is 0. The third-order valence-electron chi connectivity index (χ3n) is 3.62. The Labute approximate surface area is 136 Å². The number of rotatable bonds is 4. The van der Waals surface area contributed by atoms with Crippen LogP contribution >= 0.6 is 0 Å². The molecule has 3 heterocycles. The smallest absolute Gasteiger partial charge is 0.354 e. The molecule has 3 aromatic heterocycles. The fourth-order valence-electron chi connectivity index (χ4n) is 2.52. The molecule has 0 radical (unpaired) electrons. The number of aromatic nitrogens is 5. The molecule has 0 spiro atoms. The van der Waals surface area contributed by atoms with Crippen molar-refractivity contribution in [3.63, 3.8) is 0 Å². The fraction of sp³-hybridized carbons (Fsp3) is 0.125. The number of aromatic amines is 2. The summed E-state index contributed by atoms with van der Waals surface area (Å²) in [5.74, 6) is 0.191. The number of hydrogen-bond acceptors (Lipinski definition) is 6. The number of esters is 1. The van der Waals surface area contributed by atoms with Crippen LogP contribution in [0.3, 0.4) is 0 Å². The highest BCUT2D eigenvalue weighted by atomic mass is 16.5. The standard InChI is InChI=1S/C16H14N6O2/c1-2-24-16(23)13-6-11-14(17-8-18-15(11)21-13)20-10-3-4-12-9(5-10)7-19-22-12/h3-8H,2H2,1H3,(H,19,22)(H2,17,18,20,21). The van der Waals surface area contributed by atoms with Gasteiger partial charge in [0.05, 0.1) is 23.7 Å².